The lowest BCUT2D eigenvalue weighted by Crippen LogP contribution is -2.63. The molecule has 3 saturated heterocycles. The molecule has 2 N–H and O–H groups in total. The summed E-state index contributed by atoms with van der Waals surface area (Å²) in [6, 6.07) is 6.51. The Labute approximate surface area is 324 Å². The zero-order chi connectivity index (χ0) is 39.5. The minimum Gasteiger partial charge on any atom is -0.455 e. The Balaban J connectivity index is 1.81. The largest absolute Gasteiger partial charge is 0.455 e. The van der Waals surface area contributed by atoms with Gasteiger partial charge in [0.05, 0.1) is 43.2 Å². The molecular formula is C41H60BrN3O8. The molecule has 1 unspecified atom stereocenters. The second-order valence-electron chi connectivity index (χ2n) is 16.9. The van der Waals surface area contributed by atoms with Crippen LogP contribution in [-0.4, -0.2) is 106 Å². The molecule has 0 radical (unpaired) electrons. The number of allylic oxidation sites excluding steroid dienone is 1. The van der Waals surface area contributed by atoms with E-state index in [1.165, 1.54) is 12.0 Å². The Morgan fingerprint density at radius 3 is 2.36 bits per heavy atom. The molecule has 3 aliphatic rings. The lowest BCUT2D eigenvalue weighted by atomic mass is 9.70. The molecule has 3 amide bonds. The van der Waals surface area contributed by atoms with E-state index in [0.717, 1.165) is 0 Å². The van der Waals surface area contributed by atoms with E-state index in [9.17, 15) is 19.5 Å². The first-order valence-electron chi connectivity index (χ1n) is 18.7. The van der Waals surface area contributed by atoms with Crippen molar-refractivity contribution < 1.29 is 38.5 Å². The molecule has 3 aliphatic heterocycles. The van der Waals surface area contributed by atoms with Crippen molar-refractivity contribution in [2.45, 2.75) is 120 Å². The first-order chi connectivity index (χ1) is 24.9. The summed E-state index contributed by atoms with van der Waals surface area (Å²) in [7, 11) is 1.50. The van der Waals surface area contributed by atoms with Gasteiger partial charge >= 0.3 is 5.97 Å². The Bertz CT molecular complexity index is 1500. The number of carbonyl (C=O) groups excluding carboxylic acids is 4. The van der Waals surface area contributed by atoms with Gasteiger partial charge in [0.15, 0.2) is 0 Å². The Morgan fingerprint density at radius 1 is 1.15 bits per heavy atom. The number of amides is 3. The standard InChI is InChI=1S/C41H60BrN3O8/c1-11-13-19-30(47)43-28(23-51-10)33(26-17-15-14-16-18-26)52-38(50)31-32-36(48)45(29(22-46)25(3)4)35(41(32)21-27(42)34(31)53-41)37(49)44(20-12-2)40(8,9)24-39(5,6)7/h11-12,14-18,25,27-29,31-35,46H,1-2,13,19-24H2,3-10H3,(H,43,47)/t27?,28-,29+,31+,32-,33-,34+,35+,41-/m1/s1. The molecule has 9 atom stereocenters. The number of rotatable bonds is 18. The number of halogens is 1. The maximum Gasteiger partial charge on any atom is 0.313 e. The van der Waals surface area contributed by atoms with Crippen molar-refractivity contribution in [2.24, 2.45) is 23.2 Å². The summed E-state index contributed by atoms with van der Waals surface area (Å²) in [6.45, 7) is 21.7. The van der Waals surface area contributed by atoms with Crippen molar-refractivity contribution in [2.75, 3.05) is 26.9 Å². The molecule has 1 aromatic carbocycles. The minimum absolute atomic E-state index is 0.0467. The molecule has 2 bridgehead atoms. The van der Waals surface area contributed by atoms with Crippen LogP contribution in [0.3, 0.4) is 0 Å². The summed E-state index contributed by atoms with van der Waals surface area (Å²) in [5, 5.41) is 13.7. The van der Waals surface area contributed by atoms with Crippen molar-refractivity contribution in [1.82, 2.24) is 15.1 Å². The van der Waals surface area contributed by atoms with Gasteiger partial charge < -0.3 is 34.4 Å². The number of hydrogen-bond donors (Lipinski definition) is 2. The fourth-order valence-corrected chi connectivity index (χ4v) is 9.97. The first-order valence-corrected chi connectivity index (χ1v) is 19.6. The van der Waals surface area contributed by atoms with Crippen LogP contribution in [0.1, 0.15) is 85.8 Å². The Hall–Kier alpha value is -3.06. The van der Waals surface area contributed by atoms with E-state index in [1.807, 2.05) is 58.0 Å². The van der Waals surface area contributed by atoms with Crippen LogP contribution >= 0.6 is 15.9 Å². The summed E-state index contributed by atoms with van der Waals surface area (Å²) in [6.07, 6.45) is 3.24. The highest BCUT2D eigenvalue weighted by molar-refractivity contribution is 9.09. The zero-order valence-corrected chi connectivity index (χ0v) is 34.3. The Kier molecular flexibility index (Phi) is 13.8. The SMILES string of the molecule is C=CCCC(=O)N[C@H](COC)[C@H](OC(=O)[C@@H]1[C@H]2O[C@@]3(CC2Br)[C@H](C(=O)N(CC=C)C(C)(C)CC(C)(C)C)N([C@@H](CO)C(C)C)C(=O)[C@@H]13)c1ccccc1. The van der Waals surface area contributed by atoms with E-state index in [0.29, 0.717) is 24.8 Å². The van der Waals surface area contributed by atoms with E-state index < -0.39 is 65.2 Å². The molecule has 11 nitrogen and oxygen atoms in total. The van der Waals surface area contributed by atoms with E-state index >= 15 is 4.79 Å². The van der Waals surface area contributed by atoms with Gasteiger partial charge in [-0.15, -0.1) is 13.2 Å². The van der Waals surface area contributed by atoms with Gasteiger partial charge in [0.25, 0.3) is 0 Å². The summed E-state index contributed by atoms with van der Waals surface area (Å²) >= 11 is 3.77. The third-order valence-electron chi connectivity index (χ3n) is 10.8. The van der Waals surface area contributed by atoms with Crippen LogP contribution in [0.5, 0.6) is 0 Å². The number of alkyl halides is 1. The summed E-state index contributed by atoms with van der Waals surface area (Å²) in [5.74, 6) is -4.00. The second kappa shape index (κ2) is 17.2. The lowest BCUT2D eigenvalue weighted by Gasteiger charge is -2.47. The Morgan fingerprint density at radius 2 is 1.81 bits per heavy atom. The third kappa shape index (κ3) is 8.76. The first kappa shape index (κ1) is 42.7. The number of ether oxygens (including phenoxy) is 3. The number of aliphatic hydroxyl groups excluding tert-OH is 1. The number of nitrogens with one attached hydrogen (secondary N) is 1. The summed E-state index contributed by atoms with van der Waals surface area (Å²) < 4.78 is 18.7. The molecule has 53 heavy (non-hydrogen) atoms. The zero-order valence-electron chi connectivity index (χ0n) is 32.7. The average Bonchev–Trinajstić information content (AvgIpc) is 3.67. The van der Waals surface area contributed by atoms with Crippen molar-refractivity contribution >= 4 is 39.6 Å². The van der Waals surface area contributed by atoms with Gasteiger partial charge in [-0.1, -0.05) is 93.0 Å². The predicted octanol–water partition coefficient (Wildman–Crippen LogP) is 5.36. The monoisotopic (exact) mass is 801 g/mol. The number of fused-ring (bicyclic) bond motifs is 1. The lowest BCUT2D eigenvalue weighted by molar-refractivity contribution is -0.164. The molecule has 294 valence electrons. The van der Waals surface area contributed by atoms with Gasteiger partial charge in [-0.25, -0.2) is 0 Å². The van der Waals surface area contributed by atoms with Crippen LogP contribution in [-0.2, 0) is 33.4 Å². The minimum atomic E-state index is -1.37. The van der Waals surface area contributed by atoms with Crippen LogP contribution in [0.2, 0.25) is 0 Å². The third-order valence-corrected chi connectivity index (χ3v) is 11.7. The number of hydrogen-bond acceptors (Lipinski definition) is 8. The van der Waals surface area contributed by atoms with Crippen LogP contribution in [0.15, 0.2) is 55.6 Å². The number of aliphatic hydroxyl groups is 1. The predicted molar refractivity (Wildman–Crippen MR) is 207 cm³/mol. The molecule has 3 fully saturated rings. The molecule has 1 aromatic rings. The number of likely N-dealkylation sites (tertiary alicyclic amines) is 1. The molecular weight excluding hydrogens is 742 g/mol. The molecule has 12 heteroatoms. The highest BCUT2D eigenvalue weighted by Crippen LogP contribution is 2.61. The topological polar surface area (TPSA) is 135 Å². The summed E-state index contributed by atoms with van der Waals surface area (Å²) in [4.78, 5) is 60.7. The normalized spacial score (nSPS) is 26.9. The van der Waals surface area contributed by atoms with Crippen molar-refractivity contribution in [3.05, 3.63) is 61.2 Å². The van der Waals surface area contributed by atoms with Crippen molar-refractivity contribution in [1.29, 1.82) is 0 Å². The number of carbonyl (C=O) groups is 4. The number of benzene rings is 1. The van der Waals surface area contributed by atoms with Crippen molar-refractivity contribution in [3.8, 4) is 0 Å². The van der Waals surface area contributed by atoms with Gasteiger partial charge in [0, 0.05) is 30.4 Å². The van der Waals surface area contributed by atoms with Crippen LogP contribution < -0.4 is 5.32 Å². The molecule has 1 spiro atoms. The maximum atomic E-state index is 15.2. The fourth-order valence-electron chi connectivity index (χ4n) is 9.02. The van der Waals surface area contributed by atoms with Gasteiger partial charge in [0.2, 0.25) is 17.7 Å². The van der Waals surface area contributed by atoms with Gasteiger partial charge in [0.1, 0.15) is 17.7 Å². The maximum absolute atomic E-state index is 15.2. The average molecular weight is 803 g/mol. The van der Waals surface area contributed by atoms with E-state index in [2.05, 4.69) is 55.2 Å². The quantitative estimate of drug-likeness (QED) is 0.115. The molecule has 0 saturated carbocycles. The van der Waals surface area contributed by atoms with Crippen LogP contribution in [0.25, 0.3) is 0 Å². The number of methoxy groups -OCH3 is 1. The van der Waals surface area contributed by atoms with Crippen molar-refractivity contribution in [3.63, 3.8) is 0 Å². The highest BCUT2D eigenvalue weighted by Gasteiger charge is 2.78. The smallest absolute Gasteiger partial charge is 0.313 e. The fraction of sp³-hybridized carbons (Fsp3) is 0.659. The summed E-state index contributed by atoms with van der Waals surface area (Å²) in [5.41, 5.74) is -1.50. The van der Waals surface area contributed by atoms with Crippen LogP contribution in [0, 0.1) is 23.2 Å². The van der Waals surface area contributed by atoms with E-state index in [1.54, 1.807) is 17.1 Å². The van der Waals surface area contributed by atoms with E-state index in [4.69, 9.17) is 14.2 Å². The molecule has 0 aromatic heterocycles. The number of nitrogens with zero attached hydrogens (tertiary/aromatic N) is 2. The van der Waals surface area contributed by atoms with Gasteiger partial charge in [-0.3, -0.25) is 19.2 Å². The molecule has 3 heterocycles. The van der Waals surface area contributed by atoms with Gasteiger partial charge in [-0.2, -0.15) is 0 Å². The van der Waals surface area contributed by atoms with E-state index in [-0.39, 0.29) is 54.2 Å². The van der Waals surface area contributed by atoms with Gasteiger partial charge in [-0.05, 0) is 50.0 Å². The molecule has 0 aliphatic carbocycles. The highest BCUT2D eigenvalue weighted by atomic mass is 79.9. The van der Waals surface area contributed by atoms with Crippen LogP contribution in [0.4, 0.5) is 0 Å². The molecule has 4 rings (SSSR count). The number of esters is 1. The second-order valence-corrected chi connectivity index (χ2v) is 18.1.